The van der Waals surface area contributed by atoms with Crippen LogP contribution in [0.2, 0.25) is 0 Å². The molecule has 0 aliphatic rings. The average molecular weight is 298 g/mol. The van der Waals surface area contributed by atoms with Gasteiger partial charge in [0.2, 0.25) is 0 Å². The van der Waals surface area contributed by atoms with Crippen molar-refractivity contribution in [3.8, 4) is 5.75 Å². The van der Waals surface area contributed by atoms with E-state index in [1.807, 2.05) is 0 Å². The summed E-state index contributed by atoms with van der Waals surface area (Å²) in [6.45, 7) is 0.219. The summed E-state index contributed by atoms with van der Waals surface area (Å²) in [5, 5.41) is 8.78. The Morgan fingerprint density at radius 3 is 2.94 bits per heavy atom. The molecule has 0 aromatic carbocycles. The van der Waals surface area contributed by atoms with Crippen molar-refractivity contribution in [2.45, 2.75) is 6.61 Å². The zero-order valence-electron chi connectivity index (χ0n) is 8.59. The molecule has 2 aromatic heterocycles. The summed E-state index contributed by atoms with van der Waals surface area (Å²) >= 11 is 3.18. The van der Waals surface area contributed by atoms with E-state index in [9.17, 15) is 4.79 Å². The van der Waals surface area contributed by atoms with E-state index in [0.717, 1.165) is 0 Å². The number of ether oxygens (including phenoxy) is 1. The number of aromatic nitrogens is 1. The zero-order chi connectivity index (χ0) is 12.3. The van der Waals surface area contributed by atoms with E-state index < -0.39 is 5.97 Å². The van der Waals surface area contributed by atoms with Gasteiger partial charge in [-0.1, -0.05) is 0 Å². The van der Waals surface area contributed by atoms with Crippen LogP contribution in [-0.2, 0) is 6.61 Å². The maximum atomic E-state index is 10.7. The Morgan fingerprint density at radius 1 is 1.47 bits per heavy atom. The first kappa shape index (κ1) is 11.7. The van der Waals surface area contributed by atoms with E-state index in [1.165, 1.54) is 18.5 Å². The number of halogens is 1. The van der Waals surface area contributed by atoms with Gasteiger partial charge in [-0.25, -0.2) is 4.79 Å². The van der Waals surface area contributed by atoms with Crippen molar-refractivity contribution in [3.63, 3.8) is 0 Å². The van der Waals surface area contributed by atoms with Crippen LogP contribution in [0.3, 0.4) is 0 Å². The molecule has 0 atom stereocenters. The second kappa shape index (κ2) is 5.01. The lowest BCUT2D eigenvalue weighted by Crippen LogP contribution is -1.99. The van der Waals surface area contributed by atoms with Crippen molar-refractivity contribution in [1.82, 2.24) is 4.98 Å². The average Bonchev–Trinajstić information content (AvgIpc) is 2.73. The molecule has 17 heavy (non-hydrogen) atoms. The van der Waals surface area contributed by atoms with E-state index in [1.54, 1.807) is 12.1 Å². The number of rotatable bonds is 4. The van der Waals surface area contributed by atoms with Gasteiger partial charge in [-0.3, -0.25) is 4.98 Å². The molecule has 0 spiro atoms. The van der Waals surface area contributed by atoms with Crippen molar-refractivity contribution in [2.75, 3.05) is 0 Å². The van der Waals surface area contributed by atoms with Gasteiger partial charge in [-0.05, 0) is 34.1 Å². The van der Waals surface area contributed by atoms with Crippen LogP contribution in [0, 0.1) is 0 Å². The maximum absolute atomic E-state index is 10.7. The zero-order valence-corrected chi connectivity index (χ0v) is 10.2. The number of carboxylic acids is 1. The minimum Gasteiger partial charge on any atom is -0.484 e. The lowest BCUT2D eigenvalue weighted by atomic mass is 10.3. The van der Waals surface area contributed by atoms with E-state index in [2.05, 4.69) is 20.9 Å². The van der Waals surface area contributed by atoms with E-state index in [0.29, 0.717) is 16.2 Å². The molecule has 0 fully saturated rings. The Balaban J connectivity index is 2.04. The van der Waals surface area contributed by atoms with Gasteiger partial charge in [0.25, 0.3) is 0 Å². The number of carboxylic acid groups (broad SMARTS) is 1. The summed E-state index contributed by atoms with van der Waals surface area (Å²) < 4.78 is 11.2. The van der Waals surface area contributed by atoms with Crippen molar-refractivity contribution in [3.05, 3.63) is 46.6 Å². The Hall–Kier alpha value is -1.82. The third kappa shape index (κ3) is 3.07. The van der Waals surface area contributed by atoms with Gasteiger partial charge in [0, 0.05) is 6.20 Å². The number of furan rings is 1. The Labute approximate surface area is 105 Å². The summed E-state index contributed by atoms with van der Waals surface area (Å²) in [6, 6.07) is 4.93. The number of pyridine rings is 1. The van der Waals surface area contributed by atoms with Crippen molar-refractivity contribution < 1.29 is 19.1 Å². The highest BCUT2D eigenvalue weighted by atomic mass is 79.9. The van der Waals surface area contributed by atoms with Crippen LogP contribution in [-0.4, -0.2) is 16.1 Å². The Bertz CT molecular complexity index is 538. The number of hydrogen-bond acceptors (Lipinski definition) is 4. The highest BCUT2D eigenvalue weighted by Crippen LogP contribution is 2.17. The molecule has 0 bridgehead atoms. The summed E-state index contributed by atoms with van der Waals surface area (Å²) in [6.07, 6.45) is 2.71. The van der Waals surface area contributed by atoms with Gasteiger partial charge in [-0.15, -0.1) is 0 Å². The molecule has 2 aromatic rings. The highest BCUT2D eigenvalue weighted by molar-refractivity contribution is 9.10. The van der Waals surface area contributed by atoms with Crippen molar-refractivity contribution in [1.29, 1.82) is 0 Å². The second-order valence-corrected chi connectivity index (χ2v) is 3.99. The normalized spacial score (nSPS) is 10.2. The fraction of sp³-hybridized carbons (Fsp3) is 0.0909. The monoisotopic (exact) mass is 297 g/mol. The van der Waals surface area contributed by atoms with Crippen LogP contribution in [0.5, 0.6) is 5.75 Å². The quantitative estimate of drug-likeness (QED) is 0.939. The van der Waals surface area contributed by atoms with Gasteiger partial charge in [0.1, 0.15) is 18.1 Å². The molecule has 88 valence electrons. The SMILES string of the molecule is O=C(O)c1cncc(OCc2ccc(Br)o2)c1. The van der Waals surface area contributed by atoms with Crippen LogP contribution in [0.4, 0.5) is 0 Å². The van der Waals surface area contributed by atoms with Gasteiger partial charge < -0.3 is 14.3 Å². The number of carbonyl (C=O) groups is 1. The molecule has 0 aliphatic heterocycles. The summed E-state index contributed by atoms with van der Waals surface area (Å²) in [4.78, 5) is 14.5. The molecular weight excluding hydrogens is 290 g/mol. The molecule has 2 heterocycles. The fourth-order valence-corrected chi connectivity index (χ4v) is 1.54. The van der Waals surface area contributed by atoms with Crippen molar-refractivity contribution >= 4 is 21.9 Å². The van der Waals surface area contributed by atoms with Crippen LogP contribution in [0.1, 0.15) is 16.1 Å². The molecule has 0 aliphatic carbocycles. The molecule has 2 rings (SSSR count). The largest absolute Gasteiger partial charge is 0.484 e. The maximum Gasteiger partial charge on any atom is 0.337 e. The first-order valence-corrected chi connectivity index (χ1v) is 5.50. The number of aromatic carboxylic acids is 1. The molecule has 6 heteroatoms. The molecule has 0 radical (unpaired) electrons. The molecule has 0 saturated carbocycles. The van der Waals surface area contributed by atoms with Crippen LogP contribution >= 0.6 is 15.9 Å². The lowest BCUT2D eigenvalue weighted by molar-refractivity contribution is 0.0696. The second-order valence-electron chi connectivity index (χ2n) is 3.21. The Morgan fingerprint density at radius 2 is 2.29 bits per heavy atom. The predicted octanol–water partition coefficient (Wildman–Crippen LogP) is 2.71. The van der Waals surface area contributed by atoms with Gasteiger partial charge in [0.15, 0.2) is 4.67 Å². The highest BCUT2D eigenvalue weighted by Gasteiger charge is 2.06. The summed E-state index contributed by atoms with van der Waals surface area (Å²) in [5.41, 5.74) is 0.0862. The molecule has 0 unspecified atom stereocenters. The molecule has 0 saturated heterocycles. The standard InChI is InChI=1S/C11H8BrNO4/c12-10-2-1-8(17-10)6-16-9-3-7(11(14)15)4-13-5-9/h1-5H,6H2,(H,14,15). The number of nitrogens with zero attached hydrogens (tertiary/aromatic N) is 1. The fourth-order valence-electron chi connectivity index (χ4n) is 1.20. The first-order chi connectivity index (χ1) is 8.15. The summed E-state index contributed by atoms with van der Waals surface area (Å²) in [5.74, 6) is -0.0151. The molecule has 1 N–H and O–H groups in total. The summed E-state index contributed by atoms with van der Waals surface area (Å²) in [7, 11) is 0. The van der Waals surface area contributed by atoms with Crippen LogP contribution < -0.4 is 4.74 Å². The van der Waals surface area contributed by atoms with E-state index in [4.69, 9.17) is 14.3 Å². The lowest BCUT2D eigenvalue weighted by Gasteiger charge is -2.03. The van der Waals surface area contributed by atoms with E-state index in [-0.39, 0.29) is 12.2 Å². The molecular formula is C11H8BrNO4. The van der Waals surface area contributed by atoms with Crippen LogP contribution in [0.15, 0.2) is 39.7 Å². The number of hydrogen-bond donors (Lipinski definition) is 1. The van der Waals surface area contributed by atoms with Gasteiger partial charge >= 0.3 is 5.97 Å². The van der Waals surface area contributed by atoms with Gasteiger partial charge in [-0.2, -0.15) is 0 Å². The minimum atomic E-state index is -1.04. The van der Waals surface area contributed by atoms with Gasteiger partial charge in [0.05, 0.1) is 11.8 Å². The minimum absolute atomic E-state index is 0.0862. The van der Waals surface area contributed by atoms with Crippen LogP contribution in [0.25, 0.3) is 0 Å². The topological polar surface area (TPSA) is 72.6 Å². The molecule has 5 nitrogen and oxygen atoms in total. The van der Waals surface area contributed by atoms with Crippen molar-refractivity contribution in [2.24, 2.45) is 0 Å². The predicted molar refractivity (Wildman–Crippen MR) is 61.9 cm³/mol. The molecule has 0 amide bonds. The van der Waals surface area contributed by atoms with E-state index >= 15 is 0 Å². The first-order valence-electron chi connectivity index (χ1n) is 4.70. The smallest absolute Gasteiger partial charge is 0.337 e. The third-order valence-corrected chi connectivity index (χ3v) is 2.40. The third-order valence-electron chi connectivity index (χ3n) is 1.97. The Kier molecular flexibility index (Phi) is 3.43.